The van der Waals surface area contributed by atoms with Crippen LogP contribution in [-0.4, -0.2) is 33.0 Å². The molecule has 2 aliphatic rings. The molecule has 0 spiro atoms. The van der Waals surface area contributed by atoms with E-state index in [0.29, 0.717) is 12.1 Å². The van der Waals surface area contributed by atoms with E-state index in [-0.39, 0.29) is 49.6 Å². The predicted molar refractivity (Wildman–Crippen MR) is 171 cm³/mol. The molecular weight excluding hydrogens is 586 g/mol. The molecule has 210 valence electrons. The van der Waals surface area contributed by atoms with Crippen molar-refractivity contribution in [2.24, 2.45) is 0 Å². The number of benzene rings is 2. The molecule has 0 amide bonds. The summed E-state index contributed by atoms with van der Waals surface area (Å²) in [4.78, 5) is 15.9. The van der Waals surface area contributed by atoms with Crippen molar-refractivity contribution in [2.45, 2.75) is 37.8 Å². The Morgan fingerprint density at radius 1 is 0.675 bits per heavy atom. The highest BCUT2D eigenvalue weighted by Gasteiger charge is 2.20. The third-order valence-corrected chi connectivity index (χ3v) is 6.84. The van der Waals surface area contributed by atoms with Crippen molar-refractivity contribution in [3.05, 3.63) is 83.8 Å². The van der Waals surface area contributed by atoms with Crippen molar-refractivity contribution in [2.75, 3.05) is 13.1 Å². The van der Waals surface area contributed by atoms with E-state index < -0.39 is 0 Å². The molecule has 2 atom stereocenters. The largest absolute Gasteiger partial charge is 0.341 e. The lowest BCUT2D eigenvalue weighted by atomic mass is 9.96. The van der Waals surface area contributed by atoms with Gasteiger partial charge in [-0.3, -0.25) is 0 Å². The number of halogens is 4. The van der Waals surface area contributed by atoms with Gasteiger partial charge in [0.15, 0.2) is 0 Å². The number of aromatic amines is 2. The molecule has 4 heterocycles. The maximum atomic E-state index is 4.64. The molecule has 0 aliphatic carbocycles. The van der Waals surface area contributed by atoms with Crippen LogP contribution in [0.5, 0.6) is 0 Å². The molecule has 4 aromatic rings. The molecule has 0 bridgehead atoms. The zero-order valence-corrected chi connectivity index (χ0v) is 25.0. The lowest BCUT2D eigenvalue weighted by molar-refractivity contribution is 0.612. The smallest absolute Gasteiger partial charge is 0.124 e. The lowest BCUT2D eigenvalue weighted by Gasteiger charge is -2.08. The van der Waals surface area contributed by atoms with Crippen molar-refractivity contribution in [1.29, 1.82) is 0 Å². The molecule has 4 N–H and O–H groups in total. The van der Waals surface area contributed by atoms with Gasteiger partial charge in [0.25, 0.3) is 0 Å². The van der Waals surface area contributed by atoms with Crippen LogP contribution in [0.4, 0.5) is 0 Å². The number of hydrogen-bond acceptors (Lipinski definition) is 4. The standard InChI is InChI=1S/C30H28N6.4ClH/c1-2-8-21(9-3-1)25-18-23(28-20-34-30(36-28)27-13-7-17-32-27)15-14-22(25)10-4-5-11-24-19-33-29(35-24)26-12-6-16-31-26;;;;/h1-3,8-9,14-15,18-20,26-27,31-32H,6-7,12-13,16-17H2,(H,33,35)(H,34,36);4*1H. The van der Waals surface area contributed by atoms with Crippen molar-refractivity contribution in [3.8, 4) is 46.1 Å². The summed E-state index contributed by atoms with van der Waals surface area (Å²) >= 11 is 0. The Labute approximate surface area is 260 Å². The third kappa shape index (κ3) is 7.62. The summed E-state index contributed by atoms with van der Waals surface area (Å²) in [7, 11) is 0. The molecule has 2 unspecified atom stereocenters. The number of imidazole rings is 2. The van der Waals surface area contributed by atoms with Crippen molar-refractivity contribution in [1.82, 2.24) is 30.6 Å². The Morgan fingerprint density at radius 3 is 2.00 bits per heavy atom. The quantitative estimate of drug-likeness (QED) is 0.200. The van der Waals surface area contributed by atoms with Crippen LogP contribution in [0.25, 0.3) is 22.4 Å². The van der Waals surface area contributed by atoms with Gasteiger partial charge in [0.1, 0.15) is 17.3 Å². The second-order valence-corrected chi connectivity index (χ2v) is 9.29. The Kier molecular flexibility index (Phi) is 13.1. The average molecular weight is 618 g/mol. The first-order chi connectivity index (χ1) is 17.8. The minimum Gasteiger partial charge on any atom is -0.341 e. The number of aromatic nitrogens is 4. The van der Waals surface area contributed by atoms with Crippen molar-refractivity contribution < 1.29 is 0 Å². The van der Waals surface area contributed by atoms with Gasteiger partial charge >= 0.3 is 0 Å². The second kappa shape index (κ2) is 15.7. The Bertz CT molecular complexity index is 1480. The molecule has 2 saturated heterocycles. The van der Waals surface area contributed by atoms with E-state index in [2.05, 4.69) is 84.6 Å². The van der Waals surface area contributed by atoms with E-state index in [4.69, 9.17) is 0 Å². The number of nitrogens with one attached hydrogen (secondary N) is 4. The van der Waals surface area contributed by atoms with Crippen LogP contribution in [0.15, 0.2) is 60.9 Å². The fourth-order valence-electron chi connectivity index (χ4n) is 4.95. The fraction of sp³-hybridized carbons (Fsp3) is 0.267. The van der Waals surface area contributed by atoms with Gasteiger partial charge in [-0.05, 0) is 79.8 Å². The van der Waals surface area contributed by atoms with Gasteiger partial charge in [-0.25, -0.2) is 9.97 Å². The van der Waals surface area contributed by atoms with Crippen LogP contribution in [0.1, 0.15) is 60.7 Å². The van der Waals surface area contributed by atoms with Gasteiger partial charge in [0, 0.05) is 11.1 Å². The molecule has 6 rings (SSSR count). The number of rotatable bonds is 4. The molecule has 2 fully saturated rings. The van der Waals surface area contributed by atoms with E-state index in [1.807, 2.05) is 24.4 Å². The van der Waals surface area contributed by atoms with Crippen LogP contribution in [0, 0.1) is 23.7 Å². The molecule has 10 heteroatoms. The highest BCUT2D eigenvalue weighted by molar-refractivity contribution is 5.86. The van der Waals surface area contributed by atoms with E-state index in [1.54, 1.807) is 6.20 Å². The second-order valence-electron chi connectivity index (χ2n) is 9.29. The topological polar surface area (TPSA) is 81.4 Å². The van der Waals surface area contributed by atoms with E-state index in [9.17, 15) is 0 Å². The summed E-state index contributed by atoms with van der Waals surface area (Å²) in [6.45, 7) is 2.09. The summed E-state index contributed by atoms with van der Waals surface area (Å²) in [5, 5.41) is 6.95. The SMILES string of the molecule is C(C#Cc1ccc(-c2cnc(C3CCCN3)[nH]2)cc1-c1ccccc1)#Cc1cnc(C2CCCN2)[nH]1.Cl.Cl.Cl.Cl. The molecule has 2 aromatic carbocycles. The molecule has 6 nitrogen and oxygen atoms in total. The summed E-state index contributed by atoms with van der Waals surface area (Å²) in [5.74, 6) is 14.4. The van der Waals surface area contributed by atoms with Crippen LogP contribution in [0.3, 0.4) is 0 Å². The highest BCUT2D eigenvalue weighted by Crippen LogP contribution is 2.30. The predicted octanol–water partition coefficient (Wildman–Crippen LogP) is 6.41. The average Bonchev–Trinajstić information content (AvgIpc) is 3.74. The first-order valence-corrected chi connectivity index (χ1v) is 12.6. The van der Waals surface area contributed by atoms with Crippen LogP contribution in [0.2, 0.25) is 0 Å². The first-order valence-electron chi connectivity index (χ1n) is 12.6. The van der Waals surface area contributed by atoms with Crippen molar-refractivity contribution in [3.63, 3.8) is 0 Å². The Morgan fingerprint density at radius 2 is 1.32 bits per heavy atom. The van der Waals surface area contributed by atoms with Gasteiger partial charge < -0.3 is 20.6 Å². The normalized spacial score (nSPS) is 17.0. The Hall–Kier alpha value is -2.94. The monoisotopic (exact) mass is 616 g/mol. The molecule has 0 saturated carbocycles. The maximum absolute atomic E-state index is 4.64. The van der Waals surface area contributed by atoms with Gasteiger partial charge in [0.2, 0.25) is 0 Å². The van der Waals surface area contributed by atoms with Gasteiger partial charge in [-0.2, -0.15) is 0 Å². The third-order valence-electron chi connectivity index (χ3n) is 6.84. The number of H-pyrrole nitrogens is 2. The summed E-state index contributed by atoms with van der Waals surface area (Å²) in [5.41, 5.74) is 6.04. The van der Waals surface area contributed by atoms with Crippen LogP contribution in [-0.2, 0) is 0 Å². The lowest BCUT2D eigenvalue weighted by Crippen LogP contribution is -2.14. The fourth-order valence-corrected chi connectivity index (χ4v) is 4.95. The number of nitrogens with zero attached hydrogens (tertiary/aromatic N) is 2. The van der Waals surface area contributed by atoms with Crippen molar-refractivity contribution >= 4 is 49.6 Å². The van der Waals surface area contributed by atoms with E-state index in [0.717, 1.165) is 71.2 Å². The summed E-state index contributed by atoms with van der Waals surface area (Å²) in [6.07, 6.45) is 8.31. The van der Waals surface area contributed by atoms with Gasteiger partial charge in [-0.15, -0.1) is 49.6 Å². The maximum Gasteiger partial charge on any atom is 0.124 e. The summed E-state index contributed by atoms with van der Waals surface area (Å²) in [6, 6.07) is 17.3. The van der Waals surface area contributed by atoms with Crippen LogP contribution < -0.4 is 10.6 Å². The molecule has 40 heavy (non-hydrogen) atoms. The Balaban J connectivity index is 0.00000140. The zero-order valence-electron chi connectivity index (χ0n) is 21.7. The van der Waals surface area contributed by atoms with Gasteiger partial charge in [0.05, 0.1) is 30.2 Å². The number of hydrogen-bond donors (Lipinski definition) is 4. The first kappa shape index (κ1) is 33.3. The van der Waals surface area contributed by atoms with Gasteiger partial charge in [-0.1, -0.05) is 42.3 Å². The van der Waals surface area contributed by atoms with E-state index >= 15 is 0 Å². The molecular formula is C30H32Cl4N6. The minimum atomic E-state index is 0. The van der Waals surface area contributed by atoms with Crippen LogP contribution >= 0.6 is 49.6 Å². The molecule has 2 aromatic heterocycles. The summed E-state index contributed by atoms with van der Waals surface area (Å²) < 4.78 is 0. The molecule has 0 radical (unpaired) electrons. The van der Waals surface area contributed by atoms with E-state index in [1.165, 1.54) is 12.8 Å². The molecule has 2 aliphatic heterocycles. The minimum absolute atomic E-state index is 0. The zero-order chi connectivity index (χ0) is 24.2. The highest BCUT2D eigenvalue weighted by atomic mass is 35.5.